The lowest BCUT2D eigenvalue weighted by atomic mass is 10.0. The van der Waals surface area contributed by atoms with Gasteiger partial charge in [-0.25, -0.2) is 4.39 Å². The molecule has 0 unspecified atom stereocenters. The van der Waals surface area contributed by atoms with E-state index in [-0.39, 0.29) is 10.0 Å². The number of carbonyl (C=O) groups excluding carboxylic acids is 1. The minimum Gasteiger partial charge on any atom is -0.288 e. The standard InChI is InChI=1S/C12H6Br2FNO/c13-8-4-7(5-16-6-8)12(17)9-2-1-3-10(14)11(9)15/h1-6H. The van der Waals surface area contributed by atoms with Gasteiger partial charge in [-0.3, -0.25) is 9.78 Å². The third kappa shape index (κ3) is 2.61. The fourth-order valence-electron chi connectivity index (χ4n) is 1.37. The number of pyridine rings is 1. The summed E-state index contributed by atoms with van der Waals surface area (Å²) < 4.78 is 14.7. The molecular weight excluding hydrogens is 353 g/mol. The monoisotopic (exact) mass is 357 g/mol. The number of hydrogen-bond donors (Lipinski definition) is 0. The Balaban J connectivity index is 2.48. The van der Waals surface area contributed by atoms with Crippen LogP contribution in [0.2, 0.25) is 0 Å². The topological polar surface area (TPSA) is 30.0 Å². The molecule has 1 aromatic carbocycles. The highest BCUT2D eigenvalue weighted by Gasteiger charge is 2.16. The maximum Gasteiger partial charge on any atom is 0.197 e. The fraction of sp³-hybridized carbons (Fsp3) is 0. The van der Waals surface area contributed by atoms with Crippen molar-refractivity contribution in [3.63, 3.8) is 0 Å². The van der Waals surface area contributed by atoms with Gasteiger partial charge in [-0.05, 0) is 50.1 Å². The van der Waals surface area contributed by atoms with Crippen LogP contribution < -0.4 is 0 Å². The molecule has 0 atom stereocenters. The van der Waals surface area contributed by atoms with E-state index in [1.165, 1.54) is 12.3 Å². The zero-order chi connectivity index (χ0) is 12.4. The van der Waals surface area contributed by atoms with E-state index in [1.807, 2.05) is 0 Å². The Morgan fingerprint density at radius 2 is 2.00 bits per heavy atom. The third-order valence-electron chi connectivity index (χ3n) is 2.16. The highest BCUT2D eigenvalue weighted by Crippen LogP contribution is 2.21. The molecule has 0 amide bonds. The summed E-state index contributed by atoms with van der Waals surface area (Å²) in [5.74, 6) is -0.949. The van der Waals surface area contributed by atoms with E-state index in [4.69, 9.17) is 0 Å². The number of nitrogens with zero attached hydrogens (tertiary/aromatic N) is 1. The smallest absolute Gasteiger partial charge is 0.197 e. The quantitative estimate of drug-likeness (QED) is 0.760. The molecule has 86 valence electrons. The van der Waals surface area contributed by atoms with Crippen molar-refractivity contribution in [2.24, 2.45) is 0 Å². The Labute approximate surface area is 114 Å². The van der Waals surface area contributed by atoms with Crippen molar-refractivity contribution < 1.29 is 9.18 Å². The Hall–Kier alpha value is -1.07. The lowest BCUT2D eigenvalue weighted by Gasteiger charge is -2.04. The van der Waals surface area contributed by atoms with Gasteiger partial charge in [0.1, 0.15) is 5.82 Å². The molecule has 0 radical (unpaired) electrons. The molecular formula is C12H6Br2FNO. The highest BCUT2D eigenvalue weighted by atomic mass is 79.9. The molecule has 17 heavy (non-hydrogen) atoms. The molecule has 0 fully saturated rings. The molecule has 0 aliphatic rings. The van der Waals surface area contributed by atoms with Gasteiger partial charge in [0.15, 0.2) is 5.78 Å². The van der Waals surface area contributed by atoms with Crippen LogP contribution in [0.15, 0.2) is 45.6 Å². The van der Waals surface area contributed by atoms with Crippen molar-refractivity contribution in [2.75, 3.05) is 0 Å². The van der Waals surface area contributed by atoms with Gasteiger partial charge in [0, 0.05) is 22.4 Å². The third-order valence-corrected chi connectivity index (χ3v) is 3.21. The van der Waals surface area contributed by atoms with Crippen molar-refractivity contribution in [1.82, 2.24) is 4.98 Å². The molecule has 0 aliphatic carbocycles. The summed E-state index contributed by atoms with van der Waals surface area (Å²) in [7, 11) is 0. The van der Waals surface area contributed by atoms with Gasteiger partial charge in [0.2, 0.25) is 0 Å². The Morgan fingerprint density at radius 1 is 1.24 bits per heavy atom. The van der Waals surface area contributed by atoms with Crippen LogP contribution in [0.25, 0.3) is 0 Å². The number of ketones is 1. The average Bonchev–Trinajstić information content (AvgIpc) is 2.32. The summed E-state index contributed by atoms with van der Waals surface area (Å²) in [5, 5.41) is 0. The molecule has 0 bridgehead atoms. The lowest BCUT2D eigenvalue weighted by Crippen LogP contribution is -2.05. The van der Waals surface area contributed by atoms with Gasteiger partial charge in [0.05, 0.1) is 10.0 Å². The number of carbonyl (C=O) groups is 1. The summed E-state index contributed by atoms with van der Waals surface area (Å²) in [6.07, 6.45) is 2.97. The van der Waals surface area contributed by atoms with Gasteiger partial charge in [0.25, 0.3) is 0 Å². The molecule has 5 heteroatoms. The maximum absolute atomic E-state index is 13.7. The second kappa shape index (κ2) is 5.06. The molecule has 2 aromatic rings. The Kier molecular flexibility index (Phi) is 3.69. The molecule has 0 N–H and O–H groups in total. The summed E-state index contributed by atoms with van der Waals surface area (Å²) in [6.45, 7) is 0. The molecule has 2 nitrogen and oxygen atoms in total. The zero-order valence-corrected chi connectivity index (χ0v) is 11.6. The molecule has 0 saturated carbocycles. The predicted molar refractivity (Wildman–Crippen MR) is 69.5 cm³/mol. The van der Waals surface area contributed by atoms with Crippen LogP contribution in [-0.2, 0) is 0 Å². The second-order valence-electron chi connectivity index (χ2n) is 3.32. The Bertz CT molecular complexity index is 586. The summed E-state index contributed by atoms with van der Waals surface area (Å²) in [4.78, 5) is 15.9. The first-order valence-corrected chi connectivity index (χ1v) is 6.27. The highest BCUT2D eigenvalue weighted by molar-refractivity contribution is 9.10. The molecule has 0 aliphatic heterocycles. The van der Waals surface area contributed by atoms with E-state index in [9.17, 15) is 9.18 Å². The first-order chi connectivity index (χ1) is 8.09. The van der Waals surface area contributed by atoms with E-state index in [2.05, 4.69) is 36.8 Å². The van der Waals surface area contributed by atoms with Gasteiger partial charge >= 0.3 is 0 Å². The van der Waals surface area contributed by atoms with Crippen LogP contribution >= 0.6 is 31.9 Å². The van der Waals surface area contributed by atoms with Crippen LogP contribution in [-0.4, -0.2) is 10.8 Å². The van der Waals surface area contributed by atoms with Crippen LogP contribution in [0.5, 0.6) is 0 Å². The van der Waals surface area contributed by atoms with Crippen LogP contribution in [0.4, 0.5) is 4.39 Å². The minimum atomic E-state index is -0.558. The van der Waals surface area contributed by atoms with Crippen molar-refractivity contribution in [1.29, 1.82) is 0 Å². The largest absolute Gasteiger partial charge is 0.288 e. The molecule has 1 aromatic heterocycles. The number of benzene rings is 1. The summed E-state index contributed by atoms with van der Waals surface area (Å²) in [6, 6.07) is 6.22. The van der Waals surface area contributed by atoms with E-state index >= 15 is 0 Å². The van der Waals surface area contributed by atoms with Gasteiger partial charge in [-0.15, -0.1) is 0 Å². The number of halogens is 3. The van der Waals surface area contributed by atoms with E-state index in [0.717, 1.165) is 0 Å². The summed E-state index contributed by atoms with van der Waals surface area (Å²) >= 11 is 6.27. The Morgan fingerprint density at radius 3 is 2.71 bits per heavy atom. The van der Waals surface area contributed by atoms with Gasteiger partial charge < -0.3 is 0 Å². The minimum absolute atomic E-state index is 0.0271. The van der Waals surface area contributed by atoms with Crippen LogP contribution in [0.1, 0.15) is 15.9 Å². The predicted octanol–water partition coefficient (Wildman–Crippen LogP) is 3.98. The number of rotatable bonds is 2. The van der Waals surface area contributed by atoms with Crippen LogP contribution in [0, 0.1) is 5.82 Å². The SMILES string of the molecule is O=C(c1cncc(Br)c1)c1cccc(Br)c1F. The van der Waals surface area contributed by atoms with Crippen molar-refractivity contribution >= 4 is 37.6 Å². The van der Waals surface area contributed by atoms with Crippen molar-refractivity contribution in [2.45, 2.75) is 0 Å². The normalized spacial score (nSPS) is 10.3. The number of hydrogen-bond acceptors (Lipinski definition) is 2. The maximum atomic E-state index is 13.7. The lowest BCUT2D eigenvalue weighted by molar-refractivity contribution is 0.103. The van der Waals surface area contributed by atoms with Gasteiger partial charge in [-0.2, -0.15) is 0 Å². The zero-order valence-electron chi connectivity index (χ0n) is 8.45. The molecule has 0 saturated heterocycles. The fourth-order valence-corrected chi connectivity index (χ4v) is 2.10. The number of aromatic nitrogens is 1. The molecule has 2 rings (SSSR count). The first kappa shape index (κ1) is 12.4. The first-order valence-electron chi connectivity index (χ1n) is 4.69. The average molecular weight is 359 g/mol. The van der Waals surface area contributed by atoms with E-state index in [0.29, 0.717) is 10.0 Å². The van der Waals surface area contributed by atoms with E-state index < -0.39 is 11.6 Å². The van der Waals surface area contributed by atoms with Gasteiger partial charge in [-0.1, -0.05) is 6.07 Å². The van der Waals surface area contributed by atoms with Crippen molar-refractivity contribution in [3.8, 4) is 0 Å². The van der Waals surface area contributed by atoms with Crippen molar-refractivity contribution in [3.05, 3.63) is 62.5 Å². The van der Waals surface area contributed by atoms with E-state index in [1.54, 1.807) is 24.4 Å². The molecule has 1 heterocycles. The van der Waals surface area contributed by atoms with Crippen LogP contribution in [0.3, 0.4) is 0 Å². The summed E-state index contributed by atoms with van der Waals surface area (Å²) in [5.41, 5.74) is 0.371. The molecule has 0 spiro atoms. The second-order valence-corrected chi connectivity index (χ2v) is 5.09.